The van der Waals surface area contributed by atoms with Gasteiger partial charge in [-0.15, -0.1) is 0 Å². The van der Waals surface area contributed by atoms with Crippen molar-refractivity contribution >= 4 is 17.9 Å². The van der Waals surface area contributed by atoms with Crippen LogP contribution in [0.2, 0.25) is 0 Å². The third-order valence-corrected chi connectivity index (χ3v) is 3.68. The van der Waals surface area contributed by atoms with Gasteiger partial charge in [-0.25, -0.2) is 9.48 Å². The van der Waals surface area contributed by atoms with E-state index in [1.807, 2.05) is 0 Å². The molecular weight excluding hydrogens is 262 g/mol. The topological polar surface area (TPSA) is 109 Å². The van der Waals surface area contributed by atoms with Crippen molar-refractivity contribution < 1.29 is 14.7 Å². The van der Waals surface area contributed by atoms with Crippen LogP contribution in [0, 0.1) is 11.8 Å². The first-order valence-electron chi connectivity index (χ1n) is 6.68. The Balaban J connectivity index is 1.70. The fourth-order valence-corrected chi connectivity index (χ4v) is 2.41. The normalized spacial score (nSPS) is 22.2. The number of carboxylic acids is 1. The highest BCUT2D eigenvalue weighted by Gasteiger charge is 2.25. The molecule has 1 aliphatic carbocycles. The second kappa shape index (κ2) is 6.36. The molecule has 0 radical (unpaired) electrons. The zero-order chi connectivity index (χ0) is 14.5. The predicted octanol–water partition coefficient (Wildman–Crippen LogP) is 0.828. The molecule has 8 nitrogen and oxygen atoms in total. The maximum absolute atomic E-state index is 11.7. The molecule has 8 heteroatoms. The molecule has 110 valence electrons. The van der Waals surface area contributed by atoms with E-state index in [0.717, 1.165) is 12.8 Å². The second-order valence-electron chi connectivity index (χ2n) is 5.10. The summed E-state index contributed by atoms with van der Waals surface area (Å²) in [6.45, 7) is 0.552. The number of nitrogens with zero attached hydrogens (tertiary/aromatic N) is 3. The third kappa shape index (κ3) is 3.69. The van der Waals surface area contributed by atoms with E-state index in [9.17, 15) is 9.59 Å². The summed E-state index contributed by atoms with van der Waals surface area (Å²) in [4.78, 5) is 26.4. The number of aliphatic carboxylic acids is 1. The van der Waals surface area contributed by atoms with Crippen LogP contribution in [0.3, 0.4) is 0 Å². The number of carbonyl (C=O) groups is 2. The van der Waals surface area contributed by atoms with Crippen molar-refractivity contribution in [3.8, 4) is 0 Å². The van der Waals surface area contributed by atoms with Crippen LogP contribution in [0.4, 0.5) is 10.7 Å². The van der Waals surface area contributed by atoms with Crippen molar-refractivity contribution in [1.82, 2.24) is 20.1 Å². The molecule has 20 heavy (non-hydrogen) atoms. The number of amides is 2. The van der Waals surface area contributed by atoms with Crippen LogP contribution < -0.4 is 10.6 Å². The molecule has 1 aromatic heterocycles. The largest absolute Gasteiger partial charge is 0.481 e. The summed E-state index contributed by atoms with van der Waals surface area (Å²) in [5, 5.41) is 18.2. The fourth-order valence-electron chi connectivity index (χ4n) is 2.41. The average molecular weight is 281 g/mol. The van der Waals surface area contributed by atoms with E-state index in [4.69, 9.17) is 5.11 Å². The van der Waals surface area contributed by atoms with Gasteiger partial charge in [-0.3, -0.25) is 10.1 Å². The van der Waals surface area contributed by atoms with Gasteiger partial charge in [0.25, 0.3) is 0 Å². The second-order valence-corrected chi connectivity index (χ2v) is 5.10. The lowest BCUT2D eigenvalue weighted by molar-refractivity contribution is -0.143. The van der Waals surface area contributed by atoms with Gasteiger partial charge in [0, 0.05) is 13.6 Å². The number of carbonyl (C=O) groups excluding carboxylic acids is 1. The third-order valence-electron chi connectivity index (χ3n) is 3.68. The molecule has 1 fully saturated rings. The molecule has 0 atom stereocenters. The Hall–Kier alpha value is -2.12. The van der Waals surface area contributed by atoms with Crippen molar-refractivity contribution in [3.63, 3.8) is 0 Å². The van der Waals surface area contributed by atoms with Gasteiger partial charge in [0.2, 0.25) is 5.95 Å². The number of anilines is 1. The van der Waals surface area contributed by atoms with Crippen LogP contribution in [-0.2, 0) is 11.8 Å². The first kappa shape index (κ1) is 14.3. The summed E-state index contributed by atoms with van der Waals surface area (Å²) in [6, 6.07) is -0.318. The number of aryl methyl sites for hydroxylation is 1. The average Bonchev–Trinajstić information content (AvgIpc) is 2.82. The van der Waals surface area contributed by atoms with Crippen LogP contribution in [-0.4, -0.2) is 38.4 Å². The Kier molecular flexibility index (Phi) is 4.54. The van der Waals surface area contributed by atoms with Crippen molar-refractivity contribution in [3.05, 3.63) is 6.33 Å². The highest BCUT2D eigenvalue weighted by molar-refractivity contribution is 5.87. The van der Waals surface area contributed by atoms with E-state index in [2.05, 4.69) is 20.7 Å². The maximum atomic E-state index is 11.7. The molecule has 1 saturated carbocycles. The molecule has 1 heterocycles. The summed E-state index contributed by atoms with van der Waals surface area (Å²) in [5.74, 6) is -0.205. The van der Waals surface area contributed by atoms with E-state index >= 15 is 0 Å². The van der Waals surface area contributed by atoms with Gasteiger partial charge in [-0.1, -0.05) is 0 Å². The minimum absolute atomic E-state index is 0.223. The van der Waals surface area contributed by atoms with E-state index in [-0.39, 0.29) is 11.9 Å². The lowest BCUT2D eigenvalue weighted by Crippen LogP contribution is -2.35. The van der Waals surface area contributed by atoms with Gasteiger partial charge in [0.05, 0.1) is 5.92 Å². The Morgan fingerprint density at radius 3 is 2.65 bits per heavy atom. The van der Waals surface area contributed by atoms with E-state index < -0.39 is 5.97 Å². The molecule has 0 spiro atoms. The summed E-state index contributed by atoms with van der Waals surface area (Å²) in [6.07, 6.45) is 4.41. The number of aromatic nitrogens is 3. The maximum Gasteiger partial charge on any atom is 0.321 e. The summed E-state index contributed by atoms with van der Waals surface area (Å²) in [7, 11) is 1.69. The molecule has 0 bridgehead atoms. The minimum Gasteiger partial charge on any atom is -0.481 e. The van der Waals surface area contributed by atoms with Crippen LogP contribution in [0.5, 0.6) is 0 Å². The summed E-state index contributed by atoms with van der Waals surface area (Å²) >= 11 is 0. The van der Waals surface area contributed by atoms with Gasteiger partial charge in [0.1, 0.15) is 6.33 Å². The summed E-state index contributed by atoms with van der Waals surface area (Å²) < 4.78 is 1.47. The first-order valence-corrected chi connectivity index (χ1v) is 6.68. The predicted molar refractivity (Wildman–Crippen MR) is 71.1 cm³/mol. The first-order chi connectivity index (χ1) is 9.56. The smallest absolute Gasteiger partial charge is 0.321 e. The molecule has 0 saturated heterocycles. The van der Waals surface area contributed by atoms with E-state index in [1.54, 1.807) is 7.05 Å². The number of carboxylic acid groups (broad SMARTS) is 1. The Bertz CT molecular complexity index is 479. The number of rotatable bonds is 4. The quantitative estimate of drug-likeness (QED) is 0.757. The number of hydrogen-bond acceptors (Lipinski definition) is 4. The monoisotopic (exact) mass is 281 g/mol. The van der Waals surface area contributed by atoms with Gasteiger partial charge in [-0.2, -0.15) is 10.1 Å². The standard InChI is InChI=1S/C12H19N5O3/c1-17-11(14-7-15-17)16-12(20)13-6-8-2-4-9(5-3-8)10(18)19/h7-9H,2-6H2,1H3,(H,18,19)(H2,13,14,15,16,20). The van der Waals surface area contributed by atoms with Crippen LogP contribution in [0.15, 0.2) is 6.33 Å². The molecule has 1 aliphatic rings. The zero-order valence-electron chi connectivity index (χ0n) is 11.4. The molecule has 1 aromatic rings. The summed E-state index contributed by atoms with van der Waals surface area (Å²) in [5.41, 5.74) is 0. The van der Waals surface area contributed by atoms with Crippen molar-refractivity contribution in [2.75, 3.05) is 11.9 Å². The Morgan fingerprint density at radius 1 is 1.40 bits per heavy atom. The van der Waals surface area contributed by atoms with Crippen LogP contribution >= 0.6 is 0 Å². The lowest BCUT2D eigenvalue weighted by atomic mass is 9.82. The van der Waals surface area contributed by atoms with Crippen molar-refractivity contribution in [2.24, 2.45) is 18.9 Å². The highest BCUT2D eigenvalue weighted by atomic mass is 16.4. The molecule has 0 aromatic carbocycles. The SMILES string of the molecule is Cn1ncnc1NC(=O)NCC1CCC(C(=O)O)CC1. The minimum atomic E-state index is -0.712. The van der Waals surface area contributed by atoms with Gasteiger partial charge in [0.15, 0.2) is 0 Å². The van der Waals surface area contributed by atoms with Crippen molar-refractivity contribution in [2.45, 2.75) is 25.7 Å². The molecular formula is C12H19N5O3. The highest BCUT2D eigenvalue weighted by Crippen LogP contribution is 2.28. The lowest BCUT2D eigenvalue weighted by Gasteiger charge is -2.26. The molecule has 2 rings (SSSR count). The van der Waals surface area contributed by atoms with Gasteiger partial charge in [-0.05, 0) is 31.6 Å². The number of nitrogens with one attached hydrogen (secondary N) is 2. The number of urea groups is 1. The molecule has 2 amide bonds. The zero-order valence-corrected chi connectivity index (χ0v) is 11.4. The number of hydrogen-bond donors (Lipinski definition) is 3. The fraction of sp³-hybridized carbons (Fsp3) is 0.667. The van der Waals surface area contributed by atoms with Crippen LogP contribution in [0.1, 0.15) is 25.7 Å². The van der Waals surface area contributed by atoms with Gasteiger partial charge >= 0.3 is 12.0 Å². The van der Waals surface area contributed by atoms with Crippen molar-refractivity contribution in [1.29, 1.82) is 0 Å². The Morgan fingerprint density at radius 2 is 2.10 bits per heavy atom. The molecule has 0 unspecified atom stereocenters. The molecule has 3 N–H and O–H groups in total. The van der Waals surface area contributed by atoms with Crippen LogP contribution in [0.25, 0.3) is 0 Å². The van der Waals surface area contributed by atoms with E-state index in [1.165, 1.54) is 11.0 Å². The van der Waals surface area contributed by atoms with E-state index in [0.29, 0.717) is 31.3 Å². The van der Waals surface area contributed by atoms with Gasteiger partial charge < -0.3 is 10.4 Å². The Labute approximate surface area is 116 Å². The molecule has 0 aliphatic heterocycles.